The van der Waals surface area contributed by atoms with Gasteiger partial charge in [0, 0.05) is 13.1 Å². The van der Waals surface area contributed by atoms with Crippen molar-refractivity contribution < 1.29 is 4.74 Å². The summed E-state index contributed by atoms with van der Waals surface area (Å²) < 4.78 is 5.43. The topological polar surface area (TPSA) is 12.5 Å². The van der Waals surface area contributed by atoms with Crippen LogP contribution in [0.2, 0.25) is 0 Å². The van der Waals surface area contributed by atoms with Crippen LogP contribution in [-0.2, 0) is 0 Å². The molecule has 1 aromatic rings. The van der Waals surface area contributed by atoms with Crippen molar-refractivity contribution in [2.75, 3.05) is 25.1 Å². The summed E-state index contributed by atoms with van der Waals surface area (Å²) in [5.74, 6) is 1.85. The minimum Gasteiger partial charge on any atom is -0.495 e. The first-order valence-electron chi connectivity index (χ1n) is 6.23. The number of rotatable bonds is 3. The molecule has 1 aliphatic rings. The van der Waals surface area contributed by atoms with Crippen molar-refractivity contribution in [3.05, 3.63) is 24.3 Å². The Labute approximate surface area is 98.2 Å². The van der Waals surface area contributed by atoms with Gasteiger partial charge in [0.05, 0.1) is 12.8 Å². The highest BCUT2D eigenvalue weighted by Crippen LogP contribution is 2.31. The Morgan fingerprint density at radius 3 is 2.94 bits per heavy atom. The standard InChI is InChI=1S/C14H21NO/c1-3-12-7-6-10-15(11-12)13-8-4-5-9-14(13)16-2/h4-5,8-9,12H,3,6-7,10-11H2,1-2H3. The first-order valence-corrected chi connectivity index (χ1v) is 6.23. The molecule has 2 rings (SSSR count). The van der Waals surface area contributed by atoms with E-state index >= 15 is 0 Å². The SMILES string of the molecule is CCC1CCCN(c2ccccc2OC)C1. The molecule has 0 amide bonds. The molecular formula is C14H21NO. The summed E-state index contributed by atoms with van der Waals surface area (Å²) in [6.07, 6.45) is 3.96. The minimum atomic E-state index is 0.846. The number of anilines is 1. The average molecular weight is 219 g/mol. The Bertz CT molecular complexity index is 337. The minimum absolute atomic E-state index is 0.846. The van der Waals surface area contributed by atoms with Gasteiger partial charge in [-0.05, 0) is 30.9 Å². The third-order valence-electron chi connectivity index (χ3n) is 3.52. The van der Waals surface area contributed by atoms with Crippen LogP contribution >= 0.6 is 0 Å². The number of hydrogen-bond acceptors (Lipinski definition) is 2. The summed E-state index contributed by atoms with van der Waals surface area (Å²) in [6, 6.07) is 8.33. The fraction of sp³-hybridized carbons (Fsp3) is 0.571. The largest absolute Gasteiger partial charge is 0.495 e. The van der Waals surface area contributed by atoms with E-state index in [1.807, 2.05) is 12.1 Å². The van der Waals surface area contributed by atoms with E-state index < -0.39 is 0 Å². The van der Waals surface area contributed by atoms with E-state index in [4.69, 9.17) is 4.74 Å². The Morgan fingerprint density at radius 2 is 2.19 bits per heavy atom. The van der Waals surface area contributed by atoms with Crippen LogP contribution in [0.25, 0.3) is 0 Å². The molecule has 1 fully saturated rings. The molecule has 1 atom stereocenters. The zero-order valence-electron chi connectivity index (χ0n) is 10.3. The van der Waals surface area contributed by atoms with Gasteiger partial charge in [-0.2, -0.15) is 0 Å². The van der Waals surface area contributed by atoms with Crippen LogP contribution in [0.1, 0.15) is 26.2 Å². The van der Waals surface area contributed by atoms with Crippen molar-refractivity contribution >= 4 is 5.69 Å². The summed E-state index contributed by atoms with van der Waals surface area (Å²) in [5, 5.41) is 0. The smallest absolute Gasteiger partial charge is 0.142 e. The van der Waals surface area contributed by atoms with Crippen LogP contribution in [0.15, 0.2) is 24.3 Å². The van der Waals surface area contributed by atoms with Crippen molar-refractivity contribution in [1.29, 1.82) is 0 Å². The number of nitrogens with zero attached hydrogens (tertiary/aromatic N) is 1. The van der Waals surface area contributed by atoms with Crippen LogP contribution < -0.4 is 9.64 Å². The molecule has 1 heterocycles. The van der Waals surface area contributed by atoms with E-state index in [1.165, 1.54) is 31.5 Å². The second-order valence-corrected chi connectivity index (χ2v) is 4.53. The zero-order chi connectivity index (χ0) is 11.4. The van der Waals surface area contributed by atoms with Gasteiger partial charge in [-0.25, -0.2) is 0 Å². The lowest BCUT2D eigenvalue weighted by molar-refractivity contribution is 0.390. The molecule has 16 heavy (non-hydrogen) atoms. The normalized spacial score (nSPS) is 20.9. The zero-order valence-corrected chi connectivity index (χ0v) is 10.3. The van der Waals surface area contributed by atoms with Gasteiger partial charge in [-0.1, -0.05) is 25.5 Å². The van der Waals surface area contributed by atoms with Gasteiger partial charge in [0.25, 0.3) is 0 Å². The summed E-state index contributed by atoms with van der Waals surface area (Å²) in [4.78, 5) is 2.47. The number of piperidine rings is 1. The number of ether oxygens (including phenoxy) is 1. The predicted molar refractivity (Wildman–Crippen MR) is 68.2 cm³/mol. The maximum absolute atomic E-state index is 5.43. The highest BCUT2D eigenvalue weighted by Gasteiger charge is 2.20. The molecule has 1 saturated heterocycles. The average Bonchev–Trinajstić information content (AvgIpc) is 2.38. The van der Waals surface area contributed by atoms with Gasteiger partial charge in [0.1, 0.15) is 5.75 Å². The summed E-state index contributed by atoms with van der Waals surface area (Å²) in [5.41, 5.74) is 1.25. The molecule has 2 heteroatoms. The number of methoxy groups -OCH3 is 1. The quantitative estimate of drug-likeness (QED) is 0.773. The molecule has 0 aromatic heterocycles. The van der Waals surface area contributed by atoms with Gasteiger partial charge >= 0.3 is 0 Å². The second-order valence-electron chi connectivity index (χ2n) is 4.53. The molecule has 0 aliphatic carbocycles. The maximum Gasteiger partial charge on any atom is 0.142 e. The lowest BCUT2D eigenvalue weighted by atomic mass is 9.95. The molecular weight excluding hydrogens is 198 g/mol. The van der Waals surface area contributed by atoms with Crippen LogP contribution in [0, 0.1) is 5.92 Å². The molecule has 88 valence electrons. The van der Waals surface area contributed by atoms with E-state index in [0.717, 1.165) is 18.2 Å². The van der Waals surface area contributed by atoms with Crippen LogP contribution in [0.3, 0.4) is 0 Å². The molecule has 0 N–H and O–H groups in total. The summed E-state index contributed by atoms with van der Waals surface area (Å²) >= 11 is 0. The van der Waals surface area contributed by atoms with E-state index in [-0.39, 0.29) is 0 Å². The molecule has 2 nitrogen and oxygen atoms in total. The molecule has 1 aromatic carbocycles. The third kappa shape index (κ3) is 2.31. The Balaban J connectivity index is 2.16. The van der Waals surface area contributed by atoms with Gasteiger partial charge in [0.2, 0.25) is 0 Å². The highest BCUT2D eigenvalue weighted by atomic mass is 16.5. The molecule has 0 saturated carbocycles. The Hall–Kier alpha value is -1.18. The maximum atomic E-state index is 5.43. The monoisotopic (exact) mass is 219 g/mol. The van der Waals surface area contributed by atoms with Crippen molar-refractivity contribution in [2.45, 2.75) is 26.2 Å². The molecule has 0 spiro atoms. The first kappa shape index (κ1) is 11.3. The van der Waals surface area contributed by atoms with Gasteiger partial charge in [-0.15, -0.1) is 0 Å². The third-order valence-corrected chi connectivity index (χ3v) is 3.52. The number of para-hydroxylation sites is 2. The predicted octanol–water partition coefficient (Wildman–Crippen LogP) is 3.32. The lowest BCUT2D eigenvalue weighted by Gasteiger charge is -2.34. The summed E-state index contributed by atoms with van der Waals surface area (Å²) in [6.45, 7) is 4.63. The lowest BCUT2D eigenvalue weighted by Crippen LogP contribution is -2.35. The van der Waals surface area contributed by atoms with Crippen molar-refractivity contribution in [3.63, 3.8) is 0 Å². The Morgan fingerprint density at radius 1 is 1.38 bits per heavy atom. The van der Waals surface area contributed by atoms with Crippen molar-refractivity contribution in [2.24, 2.45) is 5.92 Å². The van der Waals surface area contributed by atoms with Gasteiger partial charge in [0.15, 0.2) is 0 Å². The fourth-order valence-electron chi connectivity index (χ4n) is 2.51. The molecule has 0 radical (unpaired) electrons. The van der Waals surface area contributed by atoms with E-state index in [0.29, 0.717) is 0 Å². The van der Waals surface area contributed by atoms with Gasteiger partial charge in [-0.3, -0.25) is 0 Å². The van der Waals surface area contributed by atoms with E-state index in [1.54, 1.807) is 7.11 Å². The highest BCUT2D eigenvalue weighted by molar-refractivity contribution is 5.58. The van der Waals surface area contributed by atoms with Crippen molar-refractivity contribution in [1.82, 2.24) is 0 Å². The first-order chi connectivity index (χ1) is 7.85. The molecule has 0 bridgehead atoms. The van der Waals surface area contributed by atoms with Crippen LogP contribution in [-0.4, -0.2) is 20.2 Å². The number of hydrogen-bond donors (Lipinski definition) is 0. The van der Waals surface area contributed by atoms with Gasteiger partial charge < -0.3 is 9.64 Å². The number of benzene rings is 1. The second kappa shape index (κ2) is 5.24. The summed E-state index contributed by atoms with van der Waals surface area (Å²) in [7, 11) is 1.75. The van der Waals surface area contributed by atoms with Crippen molar-refractivity contribution in [3.8, 4) is 5.75 Å². The fourth-order valence-corrected chi connectivity index (χ4v) is 2.51. The molecule has 1 aliphatic heterocycles. The molecule has 1 unspecified atom stereocenters. The van der Waals surface area contributed by atoms with E-state index in [9.17, 15) is 0 Å². The Kier molecular flexibility index (Phi) is 3.70. The van der Waals surface area contributed by atoms with Crippen LogP contribution in [0.4, 0.5) is 5.69 Å². The van der Waals surface area contributed by atoms with Crippen LogP contribution in [0.5, 0.6) is 5.75 Å². The van der Waals surface area contributed by atoms with E-state index in [2.05, 4.69) is 24.0 Å².